The van der Waals surface area contributed by atoms with E-state index in [9.17, 15) is 0 Å². The normalized spacial score (nSPS) is 44.7. The average molecular weight is 282 g/mol. The standard InChI is InChI=1S/C15H22O5/c1-7-8(2)9-10-11(18-14(3,4)17-10)12-13(16-9)20-15(5,6)19-12/h7,9-13H,1-2H2,3-6H3/t9-,10+,11+,12-,13-/m1/s1. The van der Waals surface area contributed by atoms with E-state index < -0.39 is 17.9 Å². The van der Waals surface area contributed by atoms with Crippen LogP contribution in [-0.4, -0.2) is 42.3 Å². The molecule has 5 heteroatoms. The molecule has 0 spiro atoms. The van der Waals surface area contributed by atoms with E-state index in [0.717, 1.165) is 5.57 Å². The van der Waals surface area contributed by atoms with Crippen molar-refractivity contribution >= 4 is 0 Å². The van der Waals surface area contributed by atoms with Gasteiger partial charge in [-0.15, -0.1) is 0 Å². The summed E-state index contributed by atoms with van der Waals surface area (Å²) in [4.78, 5) is 0. The third kappa shape index (κ3) is 2.23. The van der Waals surface area contributed by atoms with Crippen LogP contribution in [0.1, 0.15) is 27.7 Å². The van der Waals surface area contributed by atoms with E-state index in [4.69, 9.17) is 23.7 Å². The van der Waals surface area contributed by atoms with Crippen LogP contribution in [0.15, 0.2) is 24.8 Å². The lowest BCUT2D eigenvalue weighted by Gasteiger charge is -2.37. The van der Waals surface area contributed by atoms with Crippen LogP contribution >= 0.6 is 0 Å². The molecular formula is C15H22O5. The highest BCUT2D eigenvalue weighted by Gasteiger charge is 2.60. The second-order valence-electron chi connectivity index (χ2n) is 6.37. The van der Waals surface area contributed by atoms with Crippen molar-refractivity contribution in [2.45, 2.75) is 70.0 Å². The van der Waals surface area contributed by atoms with Crippen LogP contribution < -0.4 is 0 Å². The molecule has 3 fully saturated rings. The Morgan fingerprint density at radius 2 is 1.45 bits per heavy atom. The van der Waals surface area contributed by atoms with Gasteiger partial charge >= 0.3 is 0 Å². The summed E-state index contributed by atoms with van der Waals surface area (Å²) < 4.78 is 29.7. The summed E-state index contributed by atoms with van der Waals surface area (Å²) in [6, 6.07) is 0. The summed E-state index contributed by atoms with van der Waals surface area (Å²) >= 11 is 0. The van der Waals surface area contributed by atoms with E-state index in [2.05, 4.69) is 13.2 Å². The first-order chi connectivity index (χ1) is 9.22. The van der Waals surface area contributed by atoms with Crippen LogP contribution in [0, 0.1) is 0 Å². The highest BCUT2D eigenvalue weighted by atomic mass is 16.9. The van der Waals surface area contributed by atoms with Gasteiger partial charge in [-0.25, -0.2) is 0 Å². The number of hydrogen-bond donors (Lipinski definition) is 0. The van der Waals surface area contributed by atoms with Crippen molar-refractivity contribution in [2.24, 2.45) is 0 Å². The van der Waals surface area contributed by atoms with Gasteiger partial charge in [-0.05, 0) is 33.3 Å². The predicted molar refractivity (Wildman–Crippen MR) is 71.9 cm³/mol. The Balaban J connectivity index is 1.91. The highest BCUT2D eigenvalue weighted by Crippen LogP contribution is 2.45. The molecule has 5 nitrogen and oxygen atoms in total. The number of fused-ring (bicyclic) bond motifs is 3. The average Bonchev–Trinajstić information content (AvgIpc) is 2.81. The summed E-state index contributed by atoms with van der Waals surface area (Å²) in [5, 5.41) is 0. The lowest BCUT2D eigenvalue weighted by Crippen LogP contribution is -2.55. The summed E-state index contributed by atoms with van der Waals surface area (Å²) in [5.41, 5.74) is 0.757. The molecule has 5 atom stereocenters. The second-order valence-corrected chi connectivity index (χ2v) is 6.37. The summed E-state index contributed by atoms with van der Waals surface area (Å²) in [6.45, 7) is 15.2. The van der Waals surface area contributed by atoms with Gasteiger partial charge in [0.1, 0.15) is 24.4 Å². The minimum absolute atomic E-state index is 0.243. The Kier molecular flexibility index (Phi) is 3.12. The van der Waals surface area contributed by atoms with Gasteiger partial charge in [0, 0.05) is 0 Å². The Bertz CT molecular complexity index is 442. The summed E-state index contributed by atoms with van der Waals surface area (Å²) in [7, 11) is 0. The Morgan fingerprint density at radius 1 is 0.900 bits per heavy atom. The molecule has 20 heavy (non-hydrogen) atoms. The van der Waals surface area contributed by atoms with Gasteiger partial charge < -0.3 is 23.7 Å². The van der Waals surface area contributed by atoms with Crippen LogP contribution in [0.2, 0.25) is 0 Å². The third-order valence-electron chi connectivity index (χ3n) is 3.78. The molecule has 3 heterocycles. The monoisotopic (exact) mass is 282 g/mol. The van der Waals surface area contributed by atoms with Crippen LogP contribution in [0.4, 0.5) is 0 Å². The topological polar surface area (TPSA) is 46.2 Å². The molecule has 3 aliphatic rings. The first-order valence-corrected chi connectivity index (χ1v) is 6.90. The molecule has 3 rings (SSSR count). The Labute approximate surface area is 119 Å². The number of rotatable bonds is 2. The summed E-state index contributed by atoms with van der Waals surface area (Å²) in [6.07, 6.45) is 0.0492. The van der Waals surface area contributed by atoms with Crippen molar-refractivity contribution in [3.8, 4) is 0 Å². The van der Waals surface area contributed by atoms with Crippen LogP contribution in [0.3, 0.4) is 0 Å². The maximum atomic E-state index is 6.00. The first kappa shape index (κ1) is 14.2. The fourth-order valence-electron chi connectivity index (χ4n) is 3.03. The second kappa shape index (κ2) is 4.39. The SMILES string of the molecule is C=CC(=C)[C@H]1O[C@@H]2OC(C)(C)O[C@@H]2[C@H]2OC(C)(C)O[C@H]21. The molecule has 0 aliphatic carbocycles. The molecule has 0 unspecified atom stereocenters. The Morgan fingerprint density at radius 3 is 2.10 bits per heavy atom. The predicted octanol–water partition coefficient (Wildman–Crippen LogP) is 2.13. The molecule has 0 N–H and O–H groups in total. The molecule has 3 saturated heterocycles. The molecule has 112 valence electrons. The van der Waals surface area contributed by atoms with Crippen molar-refractivity contribution in [3.05, 3.63) is 24.8 Å². The molecule has 0 aromatic heterocycles. The molecule has 0 bridgehead atoms. The maximum Gasteiger partial charge on any atom is 0.190 e. The smallest absolute Gasteiger partial charge is 0.190 e. The van der Waals surface area contributed by atoms with Gasteiger partial charge in [0.25, 0.3) is 0 Å². The van der Waals surface area contributed by atoms with Gasteiger partial charge in [0.2, 0.25) is 0 Å². The fourth-order valence-corrected chi connectivity index (χ4v) is 3.03. The van der Waals surface area contributed by atoms with E-state index in [1.165, 1.54) is 0 Å². The van der Waals surface area contributed by atoms with Crippen molar-refractivity contribution in [1.82, 2.24) is 0 Å². The zero-order valence-electron chi connectivity index (χ0n) is 12.4. The molecule has 0 aromatic rings. The molecule has 3 aliphatic heterocycles. The molecular weight excluding hydrogens is 260 g/mol. The van der Waals surface area contributed by atoms with Crippen molar-refractivity contribution in [2.75, 3.05) is 0 Å². The van der Waals surface area contributed by atoms with Crippen molar-refractivity contribution < 1.29 is 23.7 Å². The highest BCUT2D eigenvalue weighted by molar-refractivity contribution is 5.22. The van der Waals surface area contributed by atoms with Gasteiger partial charge in [-0.3, -0.25) is 0 Å². The van der Waals surface area contributed by atoms with E-state index in [1.807, 2.05) is 27.7 Å². The first-order valence-electron chi connectivity index (χ1n) is 6.90. The molecule has 0 aromatic carbocycles. The van der Waals surface area contributed by atoms with Gasteiger partial charge in [0.05, 0.1) is 0 Å². The number of hydrogen-bond acceptors (Lipinski definition) is 5. The lowest BCUT2D eigenvalue weighted by molar-refractivity contribution is -0.224. The summed E-state index contributed by atoms with van der Waals surface area (Å²) in [5.74, 6) is -1.37. The maximum absolute atomic E-state index is 6.00. The lowest BCUT2D eigenvalue weighted by atomic mass is 9.94. The molecule has 0 saturated carbocycles. The quantitative estimate of drug-likeness (QED) is 0.726. The van der Waals surface area contributed by atoms with Gasteiger partial charge in [0.15, 0.2) is 17.9 Å². The van der Waals surface area contributed by atoms with E-state index >= 15 is 0 Å². The van der Waals surface area contributed by atoms with Gasteiger partial charge in [-0.2, -0.15) is 0 Å². The van der Waals surface area contributed by atoms with Crippen molar-refractivity contribution in [3.63, 3.8) is 0 Å². The van der Waals surface area contributed by atoms with Crippen LogP contribution in [-0.2, 0) is 23.7 Å². The third-order valence-corrected chi connectivity index (χ3v) is 3.78. The van der Waals surface area contributed by atoms with E-state index in [0.29, 0.717) is 0 Å². The molecule has 0 amide bonds. The minimum atomic E-state index is -0.694. The zero-order chi connectivity index (χ0) is 14.7. The van der Waals surface area contributed by atoms with Crippen LogP contribution in [0.25, 0.3) is 0 Å². The van der Waals surface area contributed by atoms with Crippen molar-refractivity contribution in [1.29, 1.82) is 0 Å². The largest absolute Gasteiger partial charge is 0.342 e. The zero-order valence-corrected chi connectivity index (χ0v) is 12.4. The van der Waals surface area contributed by atoms with E-state index in [-0.39, 0.29) is 24.4 Å². The minimum Gasteiger partial charge on any atom is -0.342 e. The number of ether oxygens (including phenoxy) is 5. The van der Waals surface area contributed by atoms with Gasteiger partial charge in [-0.1, -0.05) is 19.2 Å². The fraction of sp³-hybridized carbons (Fsp3) is 0.733. The Hall–Kier alpha value is -0.720. The van der Waals surface area contributed by atoms with Crippen LogP contribution in [0.5, 0.6) is 0 Å². The van der Waals surface area contributed by atoms with E-state index in [1.54, 1.807) is 6.08 Å². The molecule has 0 radical (unpaired) electrons.